The second-order valence-electron chi connectivity index (χ2n) is 6.84. The van der Waals surface area contributed by atoms with Crippen LogP contribution in [0.15, 0.2) is 84.9 Å². The first-order valence-corrected chi connectivity index (χ1v) is 9.32. The molecule has 27 heavy (non-hydrogen) atoms. The molecule has 0 radical (unpaired) electrons. The molecule has 3 aromatic carbocycles. The smallest absolute Gasteiger partial charge is 0.234 e. The quantitative estimate of drug-likeness (QED) is 0.650. The predicted molar refractivity (Wildman–Crippen MR) is 110 cm³/mol. The molecule has 0 spiro atoms. The Labute approximate surface area is 161 Å². The van der Waals surface area contributed by atoms with Crippen LogP contribution >= 0.6 is 0 Å². The molecule has 3 rings (SSSR count). The Hall–Kier alpha value is -2.91. The molecule has 0 aromatic heterocycles. The van der Waals surface area contributed by atoms with Gasteiger partial charge in [-0.25, -0.2) is 0 Å². The van der Waals surface area contributed by atoms with Crippen molar-refractivity contribution in [2.24, 2.45) is 0 Å². The zero-order valence-corrected chi connectivity index (χ0v) is 15.9. The standard InChI is InChI=1S/C24H26N2O/c1-18-13-15-22(16-14-18)24(21-11-7-4-8-12-21)25-17-23(27)26-19(2)20-9-5-3-6-10-20/h3-16,19,24-25H,17H2,1-2H3,(H,26,27)/t19-,24-/m1/s1. The first-order chi connectivity index (χ1) is 13.1. The fourth-order valence-corrected chi connectivity index (χ4v) is 3.14. The average molecular weight is 358 g/mol. The van der Waals surface area contributed by atoms with Crippen molar-refractivity contribution in [2.45, 2.75) is 25.9 Å². The van der Waals surface area contributed by atoms with E-state index >= 15 is 0 Å². The van der Waals surface area contributed by atoms with Gasteiger partial charge in [-0.3, -0.25) is 10.1 Å². The van der Waals surface area contributed by atoms with E-state index in [-0.39, 0.29) is 24.5 Å². The topological polar surface area (TPSA) is 41.1 Å². The minimum atomic E-state index is -0.0235. The number of hydrogen-bond donors (Lipinski definition) is 2. The molecule has 0 aliphatic rings. The van der Waals surface area contributed by atoms with Crippen molar-refractivity contribution in [3.05, 3.63) is 107 Å². The second-order valence-corrected chi connectivity index (χ2v) is 6.84. The summed E-state index contributed by atoms with van der Waals surface area (Å²) in [5.41, 5.74) is 4.62. The highest BCUT2D eigenvalue weighted by Gasteiger charge is 2.16. The van der Waals surface area contributed by atoms with Gasteiger partial charge in [0.15, 0.2) is 0 Å². The lowest BCUT2D eigenvalue weighted by molar-refractivity contribution is -0.121. The number of nitrogens with one attached hydrogen (secondary N) is 2. The molecule has 2 N–H and O–H groups in total. The molecule has 0 heterocycles. The van der Waals surface area contributed by atoms with Gasteiger partial charge in [-0.15, -0.1) is 0 Å². The Morgan fingerprint density at radius 3 is 1.89 bits per heavy atom. The zero-order chi connectivity index (χ0) is 19.1. The van der Waals surface area contributed by atoms with Crippen LogP contribution in [0.4, 0.5) is 0 Å². The van der Waals surface area contributed by atoms with E-state index in [1.54, 1.807) is 0 Å². The highest BCUT2D eigenvalue weighted by atomic mass is 16.1. The fraction of sp³-hybridized carbons (Fsp3) is 0.208. The van der Waals surface area contributed by atoms with Gasteiger partial charge in [0.25, 0.3) is 0 Å². The van der Waals surface area contributed by atoms with Gasteiger partial charge in [-0.05, 0) is 30.5 Å². The molecule has 3 aromatic rings. The van der Waals surface area contributed by atoms with Crippen LogP contribution < -0.4 is 10.6 Å². The van der Waals surface area contributed by atoms with E-state index in [4.69, 9.17) is 0 Å². The fourth-order valence-electron chi connectivity index (χ4n) is 3.14. The third-order valence-electron chi connectivity index (χ3n) is 4.69. The van der Waals surface area contributed by atoms with Gasteiger partial charge >= 0.3 is 0 Å². The number of carbonyl (C=O) groups excluding carboxylic acids is 1. The van der Waals surface area contributed by atoms with Crippen LogP contribution in [0.25, 0.3) is 0 Å². The lowest BCUT2D eigenvalue weighted by Crippen LogP contribution is -2.37. The van der Waals surface area contributed by atoms with Crippen molar-refractivity contribution in [3.63, 3.8) is 0 Å². The first-order valence-electron chi connectivity index (χ1n) is 9.32. The van der Waals surface area contributed by atoms with Gasteiger partial charge in [-0.2, -0.15) is 0 Å². The number of aryl methyl sites for hydroxylation is 1. The highest BCUT2D eigenvalue weighted by molar-refractivity contribution is 5.78. The van der Waals surface area contributed by atoms with E-state index in [0.29, 0.717) is 0 Å². The number of carbonyl (C=O) groups is 1. The van der Waals surface area contributed by atoms with Crippen LogP contribution in [0.1, 0.15) is 41.3 Å². The summed E-state index contributed by atoms with van der Waals surface area (Å²) in [4.78, 5) is 12.5. The van der Waals surface area contributed by atoms with Crippen LogP contribution in [0.2, 0.25) is 0 Å². The summed E-state index contributed by atoms with van der Waals surface area (Å²) < 4.78 is 0. The molecule has 0 fully saturated rings. The summed E-state index contributed by atoms with van der Waals surface area (Å²) in [7, 11) is 0. The van der Waals surface area contributed by atoms with Crippen LogP contribution in [0.3, 0.4) is 0 Å². The lowest BCUT2D eigenvalue weighted by Gasteiger charge is -2.21. The van der Waals surface area contributed by atoms with Crippen molar-refractivity contribution < 1.29 is 4.79 Å². The summed E-state index contributed by atoms with van der Waals surface area (Å²) in [5, 5.41) is 6.48. The minimum Gasteiger partial charge on any atom is -0.348 e. The number of rotatable bonds is 7. The molecular weight excluding hydrogens is 332 g/mol. The molecule has 2 atom stereocenters. The molecule has 3 heteroatoms. The molecule has 0 aliphatic carbocycles. The van der Waals surface area contributed by atoms with E-state index in [2.05, 4.69) is 54.0 Å². The number of hydrogen-bond acceptors (Lipinski definition) is 2. The van der Waals surface area contributed by atoms with Crippen LogP contribution in [0, 0.1) is 6.92 Å². The number of benzene rings is 3. The Bertz CT molecular complexity index is 845. The molecule has 0 unspecified atom stereocenters. The van der Waals surface area contributed by atoms with Gasteiger partial charge in [0.05, 0.1) is 18.6 Å². The van der Waals surface area contributed by atoms with Crippen LogP contribution in [-0.4, -0.2) is 12.5 Å². The second kappa shape index (κ2) is 9.15. The summed E-state index contributed by atoms with van der Waals surface area (Å²) in [5.74, 6) is -0.0144. The normalized spacial score (nSPS) is 13.0. The van der Waals surface area contributed by atoms with Gasteiger partial charge in [-0.1, -0.05) is 90.5 Å². The Kier molecular flexibility index (Phi) is 6.39. The largest absolute Gasteiger partial charge is 0.348 e. The summed E-state index contributed by atoms with van der Waals surface area (Å²) in [6.45, 7) is 4.33. The monoisotopic (exact) mass is 358 g/mol. The van der Waals surface area contributed by atoms with E-state index in [0.717, 1.165) is 16.7 Å². The molecule has 3 nitrogen and oxygen atoms in total. The lowest BCUT2D eigenvalue weighted by atomic mass is 9.98. The summed E-state index contributed by atoms with van der Waals surface area (Å²) >= 11 is 0. The molecule has 0 saturated carbocycles. The number of amides is 1. The van der Waals surface area contributed by atoms with E-state index in [9.17, 15) is 4.79 Å². The van der Waals surface area contributed by atoms with E-state index < -0.39 is 0 Å². The third-order valence-corrected chi connectivity index (χ3v) is 4.69. The van der Waals surface area contributed by atoms with Gasteiger partial charge in [0.2, 0.25) is 5.91 Å². The Morgan fingerprint density at radius 1 is 0.778 bits per heavy atom. The highest BCUT2D eigenvalue weighted by Crippen LogP contribution is 2.22. The van der Waals surface area contributed by atoms with Crippen LogP contribution in [-0.2, 0) is 4.79 Å². The third kappa shape index (κ3) is 5.28. The van der Waals surface area contributed by atoms with Crippen molar-refractivity contribution in [2.75, 3.05) is 6.54 Å². The van der Waals surface area contributed by atoms with E-state index in [1.807, 2.05) is 55.5 Å². The van der Waals surface area contributed by atoms with Crippen molar-refractivity contribution in [1.29, 1.82) is 0 Å². The molecule has 0 saturated heterocycles. The summed E-state index contributed by atoms with van der Waals surface area (Å²) in [6.07, 6.45) is 0. The molecular formula is C24H26N2O. The molecule has 1 amide bonds. The SMILES string of the molecule is Cc1ccc([C@H](NCC(=O)N[C@H](C)c2ccccc2)c2ccccc2)cc1. The van der Waals surface area contributed by atoms with Gasteiger partial charge in [0, 0.05) is 0 Å². The zero-order valence-electron chi connectivity index (χ0n) is 15.9. The van der Waals surface area contributed by atoms with E-state index in [1.165, 1.54) is 5.56 Å². The first kappa shape index (κ1) is 18.9. The Morgan fingerprint density at radius 2 is 1.30 bits per heavy atom. The van der Waals surface area contributed by atoms with Crippen LogP contribution in [0.5, 0.6) is 0 Å². The average Bonchev–Trinajstić information content (AvgIpc) is 2.71. The minimum absolute atomic E-state index is 0.0144. The van der Waals surface area contributed by atoms with Crippen molar-refractivity contribution in [3.8, 4) is 0 Å². The van der Waals surface area contributed by atoms with Crippen molar-refractivity contribution in [1.82, 2.24) is 10.6 Å². The molecule has 0 aliphatic heterocycles. The van der Waals surface area contributed by atoms with Gasteiger partial charge < -0.3 is 5.32 Å². The van der Waals surface area contributed by atoms with Gasteiger partial charge in [0.1, 0.15) is 0 Å². The maximum absolute atomic E-state index is 12.5. The summed E-state index contributed by atoms with van der Waals surface area (Å²) in [6, 6.07) is 28.6. The predicted octanol–water partition coefficient (Wildman–Crippen LogP) is 4.55. The Balaban J connectivity index is 1.67. The maximum Gasteiger partial charge on any atom is 0.234 e. The molecule has 138 valence electrons. The molecule has 0 bridgehead atoms. The maximum atomic E-state index is 12.5. The van der Waals surface area contributed by atoms with Crippen molar-refractivity contribution >= 4 is 5.91 Å².